The van der Waals surface area contributed by atoms with Gasteiger partial charge in [0.05, 0.1) is 16.9 Å². The molecule has 0 saturated carbocycles. The zero-order chi connectivity index (χ0) is 14.7. The van der Waals surface area contributed by atoms with Crippen molar-refractivity contribution >= 4 is 23.7 Å². The number of rotatable bonds is 6. The van der Waals surface area contributed by atoms with E-state index in [1.54, 1.807) is 11.3 Å². The van der Waals surface area contributed by atoms with Gasteiger partial charge in [-0.05, 0) is 38.4 Å². The van der Waals surface area contributed by atoms with Gasteiger partial charge in [0.2, 0.25) is 0 Å². The molecule has 1 aliphatic rings. The molecule has 7 heteroatoms. The molecule has 0 amide bonds. The van der Waals surface area contributed by atoms with Crippen molar-refractivity contribution in [1.82, 2.24) is 25.0 Å². The lowest BCUT2D eigenvalue weighted by molar-refractivity contribution is 0.217. The summed E-state index contributed by atoms with van der Waals surface area (Å²) < 4.78 is 1.97. The summed E-state index contributed by atoms with van der Waals surface area (Å²) >= 11 is 1.76. The largest absolute Gasteiger partial charge is 0.316 e. The number of hydrogen-bond donors (Lipinski definition) is 1. The Morgan fingerprint density at radius 3 is 2.91 bits per heavy atom. The van der Waals surface area contributed by atoms with E-state index in [2.05, 4.69) is 33.3 Å². The molecule has 0 radical (unpaired) electrons. The predicted octanol–water partition coefficient (Wildman–Crippen LogP) is 2.22. The first kappa shape index (κ1) is 17.4. The normalized spacial score (nSPS) is 17.9. The lowest BCUT2D eigenvalue weighted by Gasteiger charge is -2.25. The van der Waals surface area contributed by atoms with E-state index in [1.165, 1.54) is 22.7 Å². The van der Waals surface area contributed by atoms with Crippen molar-refractivity contribution in [2.75, 3.05) is 19.6 Å². The molecule has 1 N–H and O–H groups in total. The second kappa shape index (κ2) is 8.06. The minimum absolute atomic E-state index is 0. The van der Waals surface area contributed by atoms with E-state index in [1.807, 2.05) is 23.4 Å². The Morgan fingerprint density at radius 1 is 1.45 bits per heavy atom. The summed E-state index contributed by atoms with van der Waals surface area (Å²) in [5.74, 6) is 0.756. The summed E-state index contributed by atoms with van der Waals surface area (Å²) in [6.07, 6.45) is 3.16. The van der Waals surface area contributed by atoms with E-state index < -0.39 is 0 Å². The maximum Gasteiger partial charge on any atom is 0.0798 e. The summed E-state index contributed by atoms with van der Waals surface area (Å²) in [5, 5.41) is 7.75. The molecule has 0 aromatic carbocycles. The zero-order valence-electron chi connectivity index (χ0n) is 13.2. The maximum absolute atomic E-state index is 4.38. The van der Waals surface area contributed by atoms with Gasteiger partial charge < -0.3 is 5.32 Å². The molecular formula is C15H24ClN5S. The van der Waals surface area contributed by atoms with Crippen LogP contribution in [0, 0.1) is 12.8 Å². The van der Waals surface area contributed by atoms with E-state index >= 15 is 0 Å². The number of nitrogens with zero attached hydrogens (tertiary/aromatic N) is 4. The Bertz CT molecular complexity index is 534. The first-order valence-corrected chi connectivity index (χ1v) is 8.39. The van der Waals surface area contributed by atoms with Gasteiger partial charge in [0, 0.05) is 37.8 Å². The molecule has 1 aliphatic heterocycles. The quantitative estimate of drug-likeness (QED) is 0.875. The minimum atomic E-state index is 0. The maximum atomic E-state index is 4.38. The topological polar surface area (TPSA) is 46.0 Å². The summed E-state index contributed by atoms with van der Waals surface area (Å²) in [7, 11) is 2.02. The first-order chi connectivity index (χ1) is 10.2. The van der Waals surface area contributed by atoms with Crippen LogP contribution in [0.1, 0.15) is 22.7 Å². The highest BCUT2D eigenvalue weighted by molar-refractivity contribution is 7.09. The van der Waals surface area contributed by atoms with Crippen LogP contribution in [0.3, 0.4) is 0 Å². The predicted molar refractivity (Wildman–Crippen MR) is 92.4 cm³/mol. The van der Waals surface area contributed by atoms with E-state index in [-0.39, 0.29) is 12.4 Å². The van der Waals surface area contributed by atoms with Gasteiger partial charge in [-0.25, -0.2) is 4.98 Å². The second-order valence-corrected chi connectivity index (χ2v) is 6.77. The molecule has 122 valence electrons. The number of aromatic nitrogens is 3. The van der Waals surface area contributed by atoms with Crippen molar-refractivity contribution in [2.45, 2.75) is 26.4 Å². The number of aryl methyl sites for hydroxylation is 2. The number of hydrogen-bond acceptors (Lipinski definition) is 5. The highest BCUT2D eigenvalue weighted by atomic mass is 35.5. The Morgan fingerprint density at radius 2 is 2.32 bits per heavy atom. The third-order valence-electron chi connectivity index (χ3n) is 4.20. The molecule has 3 rings (SSSR count). The smallest absolute Gasteiger partial charge is 0.0798 e. The Balaban J connectivity index is 0.00000176. The standard InChI is InChI=1S/C15H23N5S.ClH/c1-12-15(21-11-17-12)10-20(8-13-3-5-16-7-13)9-14-4-6-18-19(14)2;/h4,6,11,13,16H,3,5,7-10H2,1-2H3;1H. The lowest BCUT2D eigenvalue weighted by atomic mass is 10.1. The lowest BCUT2D eigenvalue weighted by Crippen LogP contribution is -2.30. The fourth-order valence-electron chi connectivity index (χ4n) is 2.89. The second-order valence-electron chi connectivity index (χ2n) is 5.84. The molecule has 3 heterocycles. The molecule has 1 saturated heterocycles. The zero-order valence-corrected chi connectivity index (χ0v) is 14.8. The fraction of sp³-hybridized carbons (Fsp3) is 0.600. The number of halogens is 1. The molecular weight excluding hydrogens is 318 g/mol. The van der Waals surface area contributed by atoms with Crippen molar-refractivity contribution in [3.8, 4) is 0 Å². The Kier molecular flexibility index (Phi) is 6.37. The summed E-state index contributed by atoms with van der Waals surface area (Å²) in [6.45, 7) is 7.47. The highest BCUT2D eigenvalue weighted by Crippen LogP contribution is 2.19. The first-order valence-electron chi connectivity index (χ1n) is 7.51. The summed E-state index contributed by atoms with van der Waals surface area (Å²) in [6, 6.07) is 2.11. The van der Waals surface area contributed by atoms with Crippen LogP contribution in [-0.4, -0.2) is 39.3 Å². The fourth-order valence-corrected chi connectivity index (χ4v) is 3.71. The van der Waals surface area contributed by atoms with E-state index in [0.717, 1.165) is 38.6 Å². The van der Waals surface area contributed by atoms with Crippen molar-refractivity contribution in [1.29, 1.82) is 0 Å². The van der Waals surface area contributed by atoms with Crippen molar-refractivity contribution in [2.24, 2.45) is 13.0 Å². The van der Waals surface area contributed by atoms with Gasteiger partial charge in [-0.15, -0.1) is 23.7 Å². The number of nitrogens with one attached hydrogen (secondary N) is 1. The van der Waals surface area contributed by atoms with Crippen molar-refractivity contribution in [3.05, 3.63) is 34.0 Å². The summed E-state index contributed by atoms with van der Waals surface area (Å²) in [4.78, 5) is 8.29. The molecule has 0 bridgehead atoms. The Hall–Kier alpha value is -0.950. The van der Waals surface area contributed by atoms with Crippen LogP contribution < -0.4 is 5.32 Å². The molecule has 1 fully saturated rings. The van der Waals surface area contributed by atoms with E-state index in [9.17, 15) is 0 Å². The SMILES string of the molecule is Cc1ncsc1CN(Cc1ccnn1C)CC1CCNC1.Cl. The van der Waals surface area contributed by atoms with Crippen LogP contribution in [0.4, 0.5) is 0 Å². The molecule has 22 heavy (non-hydrogen) atoms. The monoisotopic (exact) mass is 341 g/mol. The van der Waals surface area contributed by atoms with Gasteiger partial charge in [0.25, 0.3) is 0 Å². The third kappa shape index (κ3) is 4.29. The van der Waals surface area contributed by atoms with Crippen LogP contribution >= 0.6 is 23.7 Å². The van der Waals surface area contributed by atoms with Gasteiger partial charge >= 0.3 is 0 Å². The number of thiazole rings is 1. The van der Waals surface area contributed by atoms with Gasteiger partial charge in [0.15, 0.2) is 0 Å². The van der Waals surface area contributed by atoms with E-state index in [4.69, 9.17) is 0 Å². The van der Waals surface area contributed by atoms with Crippen molar-refractivity contribution < 1.29 is 0 Å². The molecule has 5 nitrogen and oxygen atoms in total. The molecule has 1 unspecified atom stereocenters. The van der Waals surface area contributed by atoms with Gasteiger partial charge in [-0.1, -0.05) is 0 Å². The van der Waals surface area contributed by atoms with E-state index in [0.29, 0.717) is 0 Å². The van der Waals surface area contributed by atoms with Gasteiger partial charge in [0.1, 0.15) is 0 Å². The molecule has 2 aromatic heterocycles. The average Bonchev–Trinajstić information content (AvgIpc) is 3.17. The van der Waals surface area contributed by atoms with Gasteiger partial charge in [-0.3, -0.25) is 9.58 Å². The van der Waals surface area contributed by atoms with Crippen LogP contribution in [0.2, 0.25) is 0 Å². The Labute approximate surface area is 142 Å². The molecule has 1 atom stereocenters. The van der Waals surface area contributed by atoms with Crippen LogP contribution in [0.5, 0.6) is 0 Å². The van der Waals surface area contributed by atoms with Crippen LogP contribution in [0.15, 0.2) is 17.8 Å². The van der Waals surface area contributed by atoms with Crippen LogP contribution in [0.25, 0.3) is 0 Å². The molecule has 0 spiro atoms. The van der Waals surface area contributed by atoms with Crippen LogP contribution in [-0.2, 0) is 20.1 Å². The molecule has 2 aromatic rings. The molecule has 0 aliphatic carbocycles. The summed E-state index contributed by atoms with van der Waals surface area (Å²) in [5.41, 5.74) is 4.38. The van der Waals surface area contributed by atoms with Gasteiger partial charge in [-0.2, -0.15) is 5.10 Å². The highest BCUT2D eigenvalue weighted by Gasteiger charge is 2.20. The minimum Gasteiger partial charge on any atom is -0.316 e. The third-order valence-corrected chi connectivity index (χ3v) is 5.12. The average molecular weight is 342 g/mol. The van der Waals surface area contributed by atoms with Crippen molar-refractivity contribution in [3.63, 3.8) is 0 Å².